The Kier molecular flexibility index (Phi) is 5.79. The van der Waals surface area contributed by atoms with E-state index in [0.717, 1.165) is 18.3 Å². The van der Waals surface area contributed by atoms with Gasteiger partial charge in [0.25, 0.3) is 0 Å². The Morgan fingerprint density at radius 1 is 0.950 bits per heavy atom. The van der Waals surface area contributed by atoms with Crippen LogP contribution in [0.4, 0.5) is 0 Å². The van der Waals surface area contributed by atoms with Crippen molar-refractivity contribution in [2.24, 2.45) is 0 Å². The van der Waals surface area contributed by atoms with Crippen LogP contribution in [0.15, 0.2) is 36.4 Å². The number of fused-ring (bicyclic) bond motifs is 1. The summed E-state index contributed by atoms with van der Waals surface area (Å²) in [5.41, 5.74) is 2.12. The predicted octanol–water partition coefficient (Wildman–Crippen LogP) is 5.56. The monoisotopic (exact) mass is 268 g/mol. The second-order valence-corrected chi connectivity index (χ2v) is 5.54. The summed E-state index contributed by atoms with van der Waals surface area (Å²) >= 11 is 0. The summed E-state index contributed by atoms with van der Waals surface area (Å²) in [6.07, 6.45) is 9.88. The molecule has 2 rings (SSSR count). The fraction of sp³-hybridized carbons (Fsp3) is 0.421. The van der Waals surface area contributed by atoms with Crippen molar-refractivity contribution in [3.63, 3.8) is 0 Å². The Morgan fingerprint density at radius 3 is 2.50 bits per heavy atom. The lowest BCUT2D eigenvalue weighted by molar-refractivity contribution is 0.112. The van der Waals surface area contributed by atoms with Gasteiger partial charge in [0.2, 0.25) is 0 Å². The number of carbonyl (C=O) groups excluding carboxylic acids is 1. The summed E-state index contributed by atoms with van der Waals surface area (Å²) in [6.45, 7) is 2.25. The second-order valence-electron chi connectivity index (χ2n) is 5.54. The van der Waals surface area contributed by atoms with E-state index in [1.165, 1.54) is 54.9 Å². The predicted molar refractivity (Wildman–Crippen MR) is 86.4 cm³/mol. The molecule has 0 fully saturated rings. The normalized spacial score (nSPS) is 10.8. The van der Waals surface area contributed by atoms with Gasteiger partial charge in [-0.2, -0.15) is 0 Å². The lowest BCUT2D eigenvalue weighted by atomic mass is 9.97. The van der Waals surface area contributed by atoms with Crippen LogP contribution in [0.1, 0.15) is 61.4 Å². The summed E-state index contributed by atoms with van der Waals surface area (Å²) in [5.74, 6) is 0. The maximum absolute atomic E-state index is 11.1. The van der Waals surface area contributed by atoms with E-state index in [1.807, 2.05) is 12.1 Å². The smallest absolute Gasteiger partial charge is 0.150 e. The molecule has 0 saturated carbocycles. The molecule has 2 aromatic carbocycles. The first kappa shape index (κ1) is 14.8. The zero-order valence-electron chi connectivity index (χ0n) is 12.4. The van der Waals surface area contributed by atoms with Crippen LogP contribution in [-0.2, 0) is 6.42 Å². The zero-order valence-corrected chi connectivity index (χ0v) is 12.4. The SMILES string of the molecule is CCCCCCCCc1cc(C=O)cc2ccccc12. The first-order valence-corrected chi connectivity index (χ1v) is 7.82. The molecule has 0 radical (unpaired) electrons. The molecule has 0 aliphatic heterocycles. The van der Waals surface area contributed by atoms with E-state index in [2.05, 4.69) is 31.2 Å². The number of aldehydes is 1. The van der Waals surface area contributed by atoms with E-state index >= 15 is 0 Å². The molecular formula is C19H24O. The van der Waals surface area contributed by atoms with Crippen molar-refractivity contribution in [2.75, 3.05) is 0 Å². The molecule has 0 atom stereocenters. The Labute approximate surface area is 122 Å². The molecule has 0 amide bonds. The number of rotatable bonds is 8. The number of hydrogen-bond donors (Lipinski definition) is 0. The van der Waals surface area contributed by atoms with Crippen LogP contribution in [0.25, 0.3) is 10.8 Å². The molecule has 0 spiro atoms. The molecule has 0 aromatic heterocycles. The molecule has 2 aromatic rings. The Morgan fingerprint density at radius 2 is 1.70 bits per heavy atom. The summed E-state index contributed by atoms with van der Waals surface area (Å²) in [6, 6.07) is 12.4. The minimum absolute atomic E-state index is 0.796. The molecule has 0 bridgehead atoms. The largest absolute Gasteiger partial charge is 0.298 e. The fourth-order valence-corrected chi connectivity index (χ4v) is 2.79. The van der Waals surface area contributed by atoms with Gasteiger partial charge in [-0.05, 0) is 41.3 Å². The van der Waals surface area contributed by atoms with Crippen molar-refractivity contribution in [3.05, 3.63) is 47.5 Å². The summed E-state index contributed by atoms with van der Waals surface area (Å²) in [7, 11) is 0. The third-order valence-corrected chi connectivity index (χ3v) is 3.91. The molecule has 1 heteroatoms. The molecular weight excluding hydrogens is 244 g/mol. The second kappa shape index (κ2) is 7.84. The van der Waals surface area contributed by atoms with Crippen molar-refractivity contribution in [3.8, 4) is 0 Å². The minimum Gasteiger partial charge on any atom is -0.298 e. The molecule has 0 heterocycles. The quantitative estimate of drug-likeness (QED) is 0.453. The Balaban J connectivity index is 2.03. The van der Waals surface area contributed by atoms with Gasteiger partial charge in [-0.15, -0.1) is 0 Å². The molecule has 0 saturated heterocycles. The third-order valence-electron chi connectivity index (χ3n) is 3.91. The van der Waals surface area contributed by atoms with Crippen molar-refractivity contribution in [1.82, 2.24) is 0 Å². The first-order valence-electron chi connectivity index (χ1n) is 7.82. The van der Waals surface area contributed by atoms with E-state index < -0.39 is 0 Å². The molecule has 106 valence electrons. The van der Waals surface area contributed by atoms with Crippen molar-refractivity contribution in [1.29, 1.82) is 0 Å². The molecule has 20 heavy (non-hydrogen) atoms. The number of benzene rings is 2. The summed E-state index contributed by atoms with van der Waals surface area (Å²) in [4.78, 5) is 11.1. The van der Waals surface area contributed by atoms with Gasteiger partial charge in [-0.25, -0.2) is 0 Å². The van der Waals surface area contributed by atoms with Crippen molar-refractivity contribution >= 4 is 17.1 Å². The average Bonchev–Trinajstić information content (AvgIpc) is 2.50. The van der Waals surface area contributed by atoms with Crippen LogP contribution < -0.4 is 0 Å². The van der Waals surface area contributed by atoms with E-state index in [0.29, 0.717) is 0 Å². The van der Waals surface area contributed by atoms with Gasteiger partial charge in [0, 0.05) is 5.56 Å². The highest BCUT2D eigenvalue weighted by Crippen LogP contribution is 2.22. The summed E-state index contributed by atoms with van der Waals surface area (Å²) in [5, 5.41) is 2.48. The van der Waals surface area contributed by atoms with Gasteiger partial charge in [-0.3, -0.25) is 4.79 Å². The van der Waals surface area contributed by atoms with Crippen molar-refractivity contribution in [2.45, 2.75) is 51.9 Å². The van der Waals surface area contributed by atoms with E-state index in [4.69, 9.17) is 0 Å². The van der Waals surface area contributed by atoms with Gasteiger partial charge in [0.1, 0.15) is 6.29 Å². The highest BCUT2D eigenvalue weighted by Gasteiger charge is 2.03. The van der Waals surface area contributed by atoms with Gasteiger partial charge >= 0.3 is 0 Å². The maximum Gasteiger partial charge on any atom is 0.150 e. The Hall–Kier alpha value is -1.63. The molecule has 0 aliphatic rings. The van der Waals surface area contributed by atoms with E-state index in [9.17, 15) is 4.79 Å². The average molecular weight is 268 g/mol. The number of aryl methyl sites for hydroxylation is 1. The highest BCUT2D eigenvalue weighted by atomic mass is 16.1. The van der Waals surface area contributed by atoms with Crippen LogP contribution in [0.5, 0.6) is 0 Å². The molecule has 0 N–H and O–H groups in total. The van der Waals surface area contributed by atoms with Crippen LogP contribution in [-0.4, -0.2) is 6.29 Å². The van der Waals surface area contributed by atoms with Crippen LogP contribution in [0, 0.1) is 0 Å². The number of unbranched alkanes of at least 4 members (excludes halogenated alkanes) is 5. The first-order chi connectivity index (χ1) is 9.85. The van der Waals surface area contributed by atoms with Gasteiger partial charge < -0.3 is 0 Å². The highest BCUT2D eigenvalue weighted by molar-refractivity contribution is 5.91. The number of carbonyl (C=O) groups is 1. The van der Waals surface area contributed by atoms with Gasteiger partial charge in [0.05, 0.1) is 0 Å². The van der Waals surface area contributed by atoms with Gasteiger partial charge in [0.15, 0.2) is 0 Å². The molecule has 1 nitrogen and oxygen atoms in total. The summed E-state index contributed by atoms with van der Waals surface area (Å²) < 4.78 is 0. The van der Waals surface area contributed by atoms with Gasteiger partial charge in [-0.1, -0.05) is 63.3 Å². The lowest BCUT2D eigenvalue weighted by Crippen LogP contribution is -1.92. The third kappa shape index (κ3) is 3.93. The molecule has 0 unspecified atom stereocenters. The van der Waals surface area contributed by atoms with Crippen LogP contribution in [0.2, 0.25) is 0 Å². The van der Waals surface area contributed by atoms with Crippen LogP contribution in [0.3, 0.4) is 0 Å². The van der Waals surface area contributed by atoms with E-state index in [1.54, 1.807) is 0 Å². The van der Waals surface area contributed by atoms with Crippen LogP contribution >= 0.6 is 0 Å². The number of hydrogen-bond acceptors (Lipinski definition) is 1. The maximum atomic E-state index is 11.1. The lowest BCUT2D eigenvalue weighted by Gasteiger charge is -2.08. The molecule has 0 aliphatic carbocycles. The van der Waals surface area contributed by atoms with E-state index in [-0.39, 0.29) is 0 Å². The topological polar surface area (TPSA) is 17.1 Å². The fourth-order valence-electron chi connectivity index (χ4n) is 2.79. The van der Waals surface area contributed by atoms with Crippen molar-refractivity contribution < 1.29 is 4.79 Å². The minimum atomic E-state index is 0.796. The zero-order chi connectivity index (χ0) is 14.2. The Bertz CT molecular complexity index is 557. The standard InChI is InChI=1S/C19H24O/c1-2-3-4-5-6-7-10-17-13-16(15-20)14-18-11-8-9-12-19(17)18/h8-9,11-15H,2-7,10H2,1H3.